The smallest absolute Gasteiger partial charge is 0.325 e. The van der Waals surface area contributed by atoms with E-state index in [1.165, 1.54) is 7.11 Å². The van der Waals surface area contributed by atoms with Gasteiger partial charge in [-0.25, -0.2) is 0 Å². The van der Waals surface area contributed by atoms with Crippen molar-refractivity contribution >= 4 is 20.9 Å². The average molecular weight is 301 g/mol. The fourth-order valence-electron chi connectivity index (χ4n) is 2.55. The molecule has 1 amide bonds. The van der Waals surface area contributed by atoms with Crippen LogP contribution in [-0.4, -0.2) is 52.1 Å². The summed E-state index contributed by atoms with van der Waals surface area (Å²) in [6.45, 7) is 11.0. The van der Waals surface area contributed by atoms with E-state index >= 15 is 0 Å². The minimum atomic E-state index is -1.13. The molecule has 6 heteroatoms. The Balaban J connectivity index is 2.82. The van der Waals surface area contributed by atoms with Gasteiger partial charge in [-0.2, -0.15) is 0 Å². The molecule has 0 spiro atoms. The molecule has 1 unspecified atom stereocenters. The van der Waals surface area contributed by atoms with E-state index in [4.69, 9.17) is 9.16 Å². The van der Waals surface area contributed by atoms with Gasteiger partial charge in [-0.15, -0.1) is 0 Å². The zero-order chi connectivity index (χ0) is 15.5. The van der Waals surface area contributed by atoms with E-state index in [9.17, 15) is 9.59 Å². The second-order valence-corrected chi connectivity index (χ2v) is 9.17. The van der Waals surface area contributed by atoms with Gasteiger partial charge in [0.1, 0.15) is 6.54 Å². The summed E-state index contributed by atoms with van der Waals surface area (Å²) in [6.07, 6.45) is 0.750. The number of hydrogen-bond acceptors (Lipinski definition) is 4. The van der Waals surface area contributed by atoms with Gasteiger partial charge in [-0.05, 0) is 24.9 Å². The molecule has 5 nitrogen and oxygen atoms in total. The van der Waals surface area contributed by atoms with Crippen molar-refractivity contribution in [2.24, 2.45) is 11.3 Å². The lowest BCUT2D eigenvalue weighted by atomic mass is 9.84. The number of ether oxygens (including phenoxy) is 1. The minimum Gasteiger partial charge on any atom is -0.468 e. The van der Waals surface area contributed by atoms with Crippen LogP contribution in [0.4, 0.5) is 0 Å². The number of carbonyl (C=O) groups excluding carboxylic acids is 2. The number of nitrogens with zero attached hydrogens (tertiary/aromatic N) is 1. The van der Waals surface area contributed by atoms with Gasteiger partial charge in [0.2, 0.25) is 5.91 Å². The Morgan fingerprint density at radius 3 is 2.45 bits per heavy atom. The van der Waals surface area contributed by atoms with E-state index in [0.717, 1.165) is 6.42 Å². The molecule has 0 saturated carbocycles. The van der Waals surface area contributed by atoms with Crippen LogP contribution in [0, 0.1) is 11.3 Å². The molecule has 0 radical (unpaired) electrons. The quantitative estimate of drug-likeness (QED) is 0.569. The maximum Gasteiger partial charge on any atom is 0.325 e. The van der Waals surface area contributed by atoms with E-state index in [1.54, 1.807) is 4.90 Å². The number of amides is 1. The molecule has 1 aliphatic rings. The normalized spacial score (nSPS) is 23.6. The molecule has 1 rings (SSSR count). The summed E-state index contributed by atoms with van der Waals surface area (Å²) in [7, 11) is 0.213. The van der Waals surface area contributed by atoms with E-state index in [1.807, 2.05) is 0 Å². The van der Waals surface area contributed by atoms with E-state index in [2.05, 4.69) is 33.9 Å². The van der Waals surface area contributed by atoms with Crippen LogP contribution in [0.25, 0.3) is 0 Å². The fourth-order valence-corrected chi connectivity index (χ4v) is 3.16. The van der Waals surface area contributed by atoms with Crippen LogP contribution in [0.5, 0.6) is 0 Å². The summed E-state index contributed by atoms with van der Waals surface area (Å²) >= 11 is 0. The molecule has 116 valence electrons. The van der Waals surface area contributed by atoms with Crippen LogP contribution in [0.15, 0.2) is 0 Å². The number of esters is 1. The highest BCUT2D eigenvalue weighted by Crippen LogP contribution is 2.36. The van der Waals surface area contributed by atoms with Crippen LogP contribution < -0.4 is 0 Å². The van der Waals surface area contributed by atoms with Crippen molar-refractivity contribution in [1.82, 2.24) is 4.90 Å². The standard InChI is InChI=1S/C14H27NO4Si/c1-14(2,3)11-7-10(9-19-20(5)6)13(17)15(11)8-12(16)18-4/h10-11,20H,7-9H2,1-6H3/t10?,11-/m1/s1. The summed E-state index contributed by atoms with van der Waals surface area (Å²) < 4.78 is 10.4. The number of methoxy groups -OCH3 is 1. The molecule has 2 atom stereocenters. The third-order valence-corrected chi connectivity index (χ3v) is 4.53. The van der Waals surface area contributed by atoms with Gasteiger partial charge in [0.25, 0.3) is 0 Å². The molecule has 0 N–H and O–H groups in total. The van der Waals surface area contributed by atoms with Crippen LogP contribution in [0.3, 0.4) is 0 Å². The van der Waals surface area contributed by atoms with Gasteiger partial charge in [0.15, 0.2) is 9.04 Å². The van der Waals surface area contributed by atoms with Gasteiger partial charge in [-0.1, -0.05) is 20.8 Å². The van der Waals surface area contributed by atoms with Gasteiger partial charge in [0.05, 0.1) is 13.0 Å². The molecule has 0 aromatic heterocycles. The molecule has 20 heavy (non-hydrogen) atoms. The first-order valence-electron chi connectivity index (χ1n) is 7.15. The zero-order valence-electron chi connectivity index (χ0n) is 13.4. The lowest BCUT2D eigenvalue weighted by molar-refractivity contribution is -0.148. The Bertz CT molecular complexity index is 365. The molecule has 1 aliphatic heterocycles. The zero-order valence-corrected chi connectivity index (χ0v) is 14.6. The average Bonchev–Trinajstić information content (AvgIpc) is 2.64. The first-order valence-corrected chi connectivity index (χ1v) is 9.93. The highest BCUT2D eigenvalue weighted by molar-refractivity contribution is 6.48. The van der Waals surface area contributed by atoms with E-state index in [-0.39, 0.29) is 35.8 Å². The first kappa shape index (κ1) is 17.2. The Morgan fingerprint density at radius 1 is 1.40 bits per heavy atom. The Labute approximate surface area is 123 Å². The Hall–Kier alpha value is -0.883. The highest BCUT2D eigenvalue weighted by atomic mass is 28.3. The third-order valence-electron chi connectivity index (χ3n) is 3.67. The van der Waals surface area contributed by atoms with Crippen molar-refractivity contribution < 1.29 is 18.8 Å². The molecule has 0 aromatic rings. The number of hydrogen-bond donors (Lipinski definition) is 0. The summed E-state index contributed by atoms with van der Waals surface area (Å²) in [5.74, 6) is -0.476. The van der Waals surface area contributed by atoms with Crippen LogP contribution in [-0.2, 0) is 18.8 Å². The number of carbonyl (C=O) groups is 2. The first-order chi connectivity index (χ1) is 9.16. The summed E-state index contributed by atoms with van der Waals surface area (Å²) in [4.78, 5) is 25.7. The fraction of sp³-hybridized carbons (Fsp3) is 0.857. The molecular formula is C14H27NO4Si. The van der Waals surface area contributed by atoms with Crippen LogP contribution in [0.1, 0.15) is 27.2 Å². The predicted molar refractivity (Wildman–Crippen MR) is 79.9 cm³/mol. The second-order valence-electron chi connectivity index (χ2n) is 6.74. The van der Waals surface area contributed by atoms with E-state index in [0.29, 0.717) is 6.61 Å². The summed E-state index contributed by atoms with van der Waals surface area (Å²) in [6, 6.07) is 0.0523. The van der Waals surface area contributed by atoms with Crippen molar-refractivity contribution in [2.45, 2.75) is 46.3 Å². The minimum absolute atomic E-state index is 0.0185. The second kappa shape index (κ2) is 6.71. The topological polar surface area (TPSA) is 55.8 Å². The van der Waals surface area contributed by atoms with Gasteiger partial charge in [-0.3, -0.25) is 9.59 Å². The van der Waals surface area contributed by atoms with Crippen molar-refractivity contribution in [3.05, 3.63) is 0 Å². The molecule has 0 aromatic carbocycles. The Morgan fingerprint density at radius 2 is 2.00 bits per heavy atom. The largest absolute Gasteiger partial charge is 0.468 e. The third kappa shape index (κ3) is 4.31. The maximum atomic E-state index is 12.5. The number of rotatable bonds is 5. The van der Waals surface area contributed by atoms with Gasteiger partial charge >= 0.3 is 5.97 Å². The molecule has 1 heterocycles. The lowest BCUT2D eigenvalue weighted by Gasteiger charge is -2.34. The molecule has 0 bridgehead atoms. The van der Waals surface area contributed by atoms with Crippen molar-refractivity contribution in [3.8, 4) is 0 Å². The Kier molecular flexibility index (Phi) is 5.76. The van der Waals surface area contributed by atoms with Crippen LogP contribution in [0.2, 0.25) is 13.1 Å². The lowest BCUT2D eigenvalue weighted by Crippen LogP contribution is -2.44. The van der Waals surface area contributed by atoms with Crippen molar-refractivity contribution in [2.75, 3.05) is 20.3 Å². The highest BCUT2D eigenvalue weighted by Gasteiger charge is 2.45. The molecule has 0 aliphatic carbocycles. The van der Waals surface area contributed by atoms with Gasteiger partial charge in [0, 0.05) is 12.6 Å². The van der Waals surface area contributed by atoms with Crippen LogP contribution >= 0.6 is 0 Å². The molecule has 1 fully saturated rings. The van der Waals surface area contributed by atoms with Crippen molar-refractivity contribution in [1.29, 1.82) is 0 Å². The molecular weight excluding hydrogens is 274 g/mol. The monoisotopic (exact) mass is 301 g/mol. The summed E-state index contributed by atoms with van der Waals surface area (Å²) in [5.41, 5.74) is -0.0618. The summed E-state index contributed by atoms with van der Waals surface area (Å²) in [5, 5.41) is 0. The van der Waals surface area contributed by atoms with Gasteiger partial charge < -0.3 is 14.1 Å². The molecule has 1 saturated heterocycles. The van der Waals surface area contributed by atoms with E-state index < -0.39 is 9.04 Å². The maximum absolute atomic E-state index is 12.5. The SMILES string of the molecule is COC(=O)CN1C(=O)C(CO[SiH](C)C)C[C@@H]1C(C)(C)C. The van der Waals surface area contributed by atoms with Crippen molar-refractivity contribution in [3.63, 3.8) is 0 Å². The number of likely N-dealkylation sites (tertiary alicyclic amines) is 1. The predicted octanol–water partition coefficient (Wildman–Crippen LogP) is 1.42.